The molecular weight excluding hydrogens is 402 g/mol. The van der Waals surface area contributed by atoms with E-state index in [0.717, 1.165) is 29.1 Å². The topological polar surface area (TPSA) is 101 Å². The van der Waals surface area contributed by atoms with Crippen LogP contribution in [0.3, 0.4) is 0 Å². The highest BCUT2D eigenvalue weighted by Gasteiger charge is 2.33. The Morgan fingerprint density at radius 1 is 1.28 bits per heavy atom. The second-order valence-electron chi connectivity index (χ2n) is 5.67. The number of rotatable bonds is 8. The minimum Gasteiger partial charge on any atom is -0.347 e. The Labute approximate surface area is 161 Å². The number of hydrogen-bond donors (Lipinski definition) is 3. The Balaban J connectivity index is 0.00000225. The van der Waals surface area contributed by atoms with E-state index in [9.17, 15) is 13.2 Å². The van der Waals surface area contributed by atoms with E-state index in [1.807, 2.05) is 17.5 Å². The fourth-order valence-electron chi connectivity index (χ4n) is 2.43. The van der Waals surface area contributed by atoms with Gasteiger partial charge in [0.05, 0.1) is 0 Å². The van der Waals surface area contributed by atoms with E-state index >= 15 is 0 Å². The Bertz CT molecular complexity index is 801. The highest BCUT2D eigenvalue weighted by atomic mass is 35.5. The van der Waals surface area contributed by atoms with Gasteiger partial charge in [0.2, 0.25) is 10.0 Å². The van der Waals surface area contributed by atoms with Crippen molar-refractivity contribution in [2.24, 2.45) is 11.7 Å². The largest absolute Gasteiger partial charge is 0.347 e. The van der Waals surface area contributed by atoms with E-state index in [4.69, 9.17) is 5.73 Å². The average molecular weight is 422 g/mol. The molecule has 1 amide bonds. The SMILES string of the molecule is Cl.NCC(NC(=O)c1sccc1S(=O)(=O)NCc1cccs1)C1CC1. The molecule has 2 heterocycles. The molecule has 2 aromatic rings. The van der Waals surface area contributed by atoms with Gasteiger partial charge in [-0.05, 0) is 41.7 Å². The summed E-state index contributed by atoms with van der Waals surface area (Å²) in [6.07, 6.45) is 2.11. The van der Waals surface area contributed by atoms with Gasteiger partial charge in [-0.2, -0.15) is 0 Å². The summed E-state index contributed by atoms with van der Waals surface area (Å²) in [4.78, 5) is 13.6. The number of nitrogens with one attached hydrogen (secondary N) is 2. The van der Waals surface area contributed by atoms with Crippen LogP contribution in [0.4, 0.5) is 0 Å². The van der Waals surface area contributed by atoms with Crippen molar-refractivity contribution in [1.29, 1.82) is 0 Å². The molecule has 25 heavy (non-hydrogen) atoms. The minimum atomic E-state index is -3.74. The molecule has 0 aliphatic heterocycles. The Morgan fingerprint density at radius 3 is 2.64 bits per heavy atom. The summed E-state index contributed by atoms with van der Waals surface area (Å²) >= 11 is 2.60. The number of thiophene rings is 2. The van der Waals surface area contributed by atoms with Gasteiger partial charge in [-0.15, -0.1) is 35.1 Å². The van der Waals surface area contributed by atoms with Gasteiger partial charge >= 0.3 is 0 Å². The summed E-state index contributed by atoms with van der Waals surface area (Å²) in [6, 6.07) is 5.10. The van der Waals surface area contributed by atoms with Crippen molar-refractivity contribution in [2.45, 2.75) is 30.3 Å². The molecule has 0 radical (unpaired) electrons. The quantitative estimate of drug-likeness (QED) is 0.607. The lowest BCUT2D eigenvalue weighted by atomic mass is 10.2. The molecule has 138 valence electrons. The van der Waals surface area contributed by atoms with Gasteiger partial charge < -0.3 is 11.1 Å². The average Bonchev–Trinajstić information content (AvgIpc) is 3.05. The van der Waals surface area contributed by atoms with Crippen molar-refractivity contribution in [3.05, 3.63) is 38.7 Å². The molecule has 0 aromatic carbocycles. The third-order valence-corrected chi connectivity index (χ3v) is 7.27. The van der Waals surface area contributed by atoms with Gasteiger partial charge in [0, 0.05) is 24.0 Å². The van der Waals surface area contributed by atoms with Crippen LogP contribution in [0.5, 0.6) is 0 Å². The van der Waals surface area contributed by atoms with E-state index in [2.05, 4.69) is 10.0 Å². The molecule has 1 aliphatic rings. The molecular formula is C15H20ClN3O3S3. The van der Waals surface area contributed by atoms with Crippen molar-refractivity contribution in [3.63, 3.8) is 0 Å². The second kappa shape index (κ2) is 8.61. The molecule has 4 N–H and O–H groups in total. The van der Waals surface area contributed by atoms with Crippen molar-refractivity contribution in [1.82, 2.24) is 10.0 Å². The summed E-state index contributed by atoms with van der Waals surface area (Å²) < 4.78 is 27.6. The highest BCUT2D eigenvalue weighted by Crippen LogP contribution is 2.32. The predicted molar refractivity (Wildman–Crippen MR) is 103 cm³/mol. The standard InChI is InChI=1S/C15H19N3O3S3.ClH/c16-8-12(10-3-4-10)18-15(19)14-13(5-7-23-14)24(20,21)17-9-11-2-1-6-22-11;/h1-2,5-7,10,12,17H,3-4,8-9,16H2,(H,18,19);1H. The fourth-order valence-corrected chi connectivity index (χ4v) is 5.50. The van der Waals surface area contributed by atoms with Gasteiger partial charge in [0.25, 0.3) is 5.91 Å². The first-order valence-electron chi connectivity index (χ1n) is 7.61. The van der Waals surface area contributed by atoms with E-state index in [0.29, 0.717) is 12.5 Å². The maximum absolute atomic E-state index is 12.5. The van der Waals surface area contributed by atoms with Crippen LogP contribution in [0.2, 0.25) is 0 Å². The molecule has 1 atom stereocenters. The van der Waals surface area contributed by atoms with E-state index in [1.165, 1.54) is 17.4 Å². The van der Waals surface area contributed by atoms with E-state index in [-0.39, 0.29) is 40.7 Å². The molecule has 0 bridgehead atoms. The number of carbonyl (C=O) groups excluding carboxylic acids is 1. The number of nitrogens with two attached hydrogens (primary N) is 1. The zero-order chi connectivity index (χ0) is 17.2. The van der Waals surface area contributed by atoms with Gasteiger partial charge in [0.15, 0.2) is 0 Å². The molecule has 6 nitrogen and oxygen atoms in total. The van der Waals surface area contributed by atoms with Crippen LogP contribution in [0.15, 0.2) is 33.9 Å². The smallest absolute Gasteiger partial charge is 0.263 e. The van der Waals surface area contributed by atoms with E-state index < -0.39 is 10.0 Å². The first-order valence-corrected chi connectivity index (χ1v) is 10.9. The van der Waals surface area contributed by atoms with Gasteiger partial charge in [0.1, 0.15) is 9.77 Å². The lowest BCUT2D eigenvalue weighted by Crippen LogP contribution is -2.42. The predicted octanol–water partition coefficient (Wildman–Crippen LogP) is 2.18. The zero-order valence-corrected chi connectivity index (χ0v) is 16.6. The molecule has 1 fully saturated rings. The van der Waals surface area contributed by atoms with Crippen LogP contribution in [0, 0.1) is 5.92 Å². The second-order valence-corrected chi connectivity index (χ2v) is 9.35. The number of carbonyl (C=O) groups is 1. The molecule has 0 spiro atoms. The Morgan fingerprint density at radius 2 is 2.04 bits per heavy atom. The lowest BCUT2D eigenvalue weighted by Gasteiger charge is -2.16. The van der Waals surface area contributed by atoms with Gasteiger partial charge in [-0.1, -0.05) is 6.07 Å². The third-order valence-electron chi connectivity index (χ3n) is 3.90. The molecule has 1 unspecified atom stereocenters. The normalized spacial score (nSPS) is 15.4. The van der Waals surface area contributed by atoms with E-state index in [1.54, 1.807) is 5.38 Å². The Kier molecular flexibility index (Phi) is 7.01. The first kappa shape index (κ1) is 20.3. The van der Waals surface area contributed by atoms with Crippen molar-refractivity contribution >= 4 is 51.0 Å². The third kappa shape index (κ3) is 5.02. The fraction of sp³-hybridized carbons (Fsp3) is 0.400. The summed E-state index contributed by atoms with van der Waals surface area (Å²) in [5.74, 6) is 0.0415. The summed E-state index contributed by atoms with van der Waals surface area (Å²) in [5, 5.41) is 6.37. The first-order chi connectivity index (χ1) is 11.5. The number of sulfonamides is 1. The van der Waals surface area contributed by atoms with Crippen LogP contribution < -0.4 is 15.8 Å². The van der Waals surface area contributed by atoms with Crippen LogP contribution in [-0.4, -0.2) is 26.9 Å². The van der Waals surface area contributed by atoms with Crippen molar-refractivity contribution in [3.8, 4) is 0 Å². The summed E-state index contributed by atoms with van der Waals surface area (Å²) in [7, 11) is -3.74. The highest BCUT2D eigenvalue weighted by molar-refractivity contribution is 7.89. The molecule has 2 aromatic heterocycles. The van der Waals surface area contributed by atoms with Crippen molar-refractivity contribution in [2.75, 3.05) is 6.54 Å². The molecule has 1 saturated carbocycles. The Hall–Kier alpha value is -0.970. The monoisotopic (exact) mass is 421 g/mol. The number of hydrogen-bond acceptors (Lipinski definition) is 6. The summed E-state index contributed by atoms with van der Waals surface area (Å²) in [6.45, 7) is 0.574. The molecule has 3 rings (SSSR count). The van der Waals surface area contributed by atoms with Gasteiger partial charge in [-0.25, -0.2) is 13.1 Å². The van der Waals surface area contributed by atoms with Crippen LogP contribution in [0.1, 0.15) is 27.4 Å². The number of halogens is 1. The minimum absolute atomic E-state index is 0. The maximum atomic E-state index is 12.5. The number of amides is 1. The summed E-state index contributed by atoms with van der Waals surface area (Å²) in [5.41, 5.74) is 5.70. The van der Waals surface area contributed by atoms with Crippen molar-refractivity contribution < 1.29 is 13.2 Å². The van der Waals surface area contributed by atoms with Gasteiger partial charge in [-0.3, -0.25) is 4.79 Å². The van der Waals surface area contributed by atoms with Crippen LogP contribution in [0.25, 0.3) is 0 Å². The molecule has 0 saturated heterocycles. The molecule has 10 heteroatoms. The maximum Gasteiger partial charge on any atom is 0.263 e. The molecule has 1 aliphatic carbocycles. The van der Waals surface area contributed by atoms with Crippen LogP contribution in [-0.2, 0) is 16.6 Å². The van der Waals surface area contributed by atoms with Crippen LogP contribution >= 0.6 is 35.1 Å². The zero-order valence-electron chi connectivity index (χ0n) is 13.3. The lowest BCUT2D eigenvalue weighted by molar-refractivity contribution is 0.0934.